The minimum atomic E-state index is 0.136. The van der Waals surface area contributed by atoms with Gasteiger partial charge in [0.05, 0.1) is 0 Å². The normalized spacial score (nSPS) is 16.1. The zero-order valence-electron chi connectivity index (χ0n) is 12.6. The quantitative estimate of drug-likeness (QED) is 0.394. The van der Waals surface area contributed by atoms with E-state index < -0.39 is 0 Å². The molecule has 4 heteroatoms. The van der Waals surface area contributed by atoms with E-state index in [0.717, 1.165) is 23.2 Å². The largest absolute Gasteiger partial charge is 0.409 e. The highest BCUT2D eigenvalue weighted by Crippen LogP contribution is 2.24. The summed E-state index contributed by atoms with van der Waals surface area (Å²) in [5.74, 6) is 0.136. The third kappa shape index (κ3) is 3.12. The van der Waals surface area contributed by atoms with Crippen LogP contribution in [0.3, 0.4) is 0 Å². The summed E-state index contributed by atoms with van der Waals surface area (Å²) in [6.45, 7) is 3.42. The van der Waals surface area contributed by atoms with Gasteiger partial charge in [0.25, 0.3) is 0 Å². The van der Waals surface area contributed by atoms with Crippen molar-refractivity contribution in [3.8, 4) is 11.1 Å². The van der Waals surface area contributed by atoms with Gasteiger partial charge in [-0.25, -0.2) is 0 Å². The van der Waals surface area contributed by atoms with Crippen molar-refractivity contribution in [3.63, 3.8) is 0 Å². The molecule has 3 rings (SSSR count). The molecule has 0 amide bonds. The average molecular weight is 295 g/mol. The van der Waals surface area contributed by atoms with Crippen LogP contribution >= 0.6 is 0 Å². The van der Waals surface area contributed by atoms with Crippen molar-refractivity contribution < 1.29 is 5.21 Å². The van der Waals surface area contributed by atoms with E-state index >= 15 is 0 Å². The summed E-state index contributed by atoms with van der Waals surface area (Å²) in [5, 5.41) is 12.0. The number of amidine groups is 1. The molecule has 0 bridgehead atoms. The lowest BCUT2D eigenvalue weighted by Crippen LogP contribution is -2.18. The van der Waals surface area contributed by atoms with E-state index in [1.165, 1.54) is 31.5 Å². The van der Waals surface area contributed by atoms with Crippen molar-refractivity contribution >= 4 is 5.84 Å². The molecule has 0 spiro atoms. The maximum atomic E-state index is 8.92. The first-order valence-electron chi connectivity index (χ1n) is 7.66. The lowest BCUT2D eigenvalue weighted by molar-refractivity contribution is 0.318. The number of rotatable bonds is 4. The highest BCUT2D eigenvalue weighted by atomic mass is 16.4. The van der Waals surface area contributed by atoms with Gasteiger partial charge in [0.1, 0.15) is 0 Å². The van der Waals surface area contributed by atoms with Gasteiger partial charge in [0, 0.05) is 12.1 Å². The Hall–Kier alpha value is -2.33. The molecule has 114 valence electrons. The zero-order chi connectivity index (χ0) is 15.4. The first-order chi connectivity index (χ1) is 10.8. The monoisotopic (exact) mass is 295 g/mol. The van der Waals surface area contributed by atoms with Crippen LogP contribution in [-0.2, 0) is 6.54 Å². The van der Waals surface area contributed by atoms with Crippen molar-refractivity contribution in [2.24, 2.45) is 10.9 Å². The SMILES string of the molecule is N/C(=N\O)c1ccccc1-c1ccc(CN2CCCC2)cc1. The minimum absolute atomic E-state index is 0.136. The standard InChI is InChI=1S/C18H21N3O/c19-18(20-22)17-6-2-1-5-16(17)15-9-7-14(8-10-15)13-21-11-3-4-12-21/h1-2,5-10,22H,3-4,11-13H2,(H2,19,20). The van der Waals surface area contributed by atoms with Crippen LogP contribution in [0.4, 0.5) is 0 Å². The smallest absolute Gasteiger partial charge is 0.170 e. The molecule has 0 radical (unpaired) electrons. The molecule has 0 aromatic heterocycles. The van der Waals surface area contributed by atoms with Crippen LogP contribution in [-0.4, -0.2) is 29.0 Å². The Morgan fingerprint density at radius 1 is 1.05 bits per heavy atom. The molecule has 1 aliphatic heterocycles. The van der Waals surface area contributed by atoms with Crippen molar-refractivity contribution in [3.05, 3.63) is 59.7 Å². The Morgan fingerprint density at radius 2 is 1.73 bits per heavy atom. The summed E-state index contributed by atoms with van der Waals surface area (Å²) in [7, 11) is 0. The van der Waals surface area contributed by atoms with Gasteiger partial charge < -0.3 is 10.9 Å². The molecule has 1 aliphatic rings. The summed E-state index contributed by atoms with van der Waals surface area (Å²) in [6.07, 6.45) is 2.62. The molecular formula is C18H21N3O. The topological polar surface area (TPSA) is 61.9 Å². The number of hydrogen-bond donors (Lipinski definition) is 2. The van der Waals surface area contributed by atoms with Crippen LogP contribution in [0, 0.1) is 0 Å². The Kier molecular flexibility index (Phi) is 4.39. The molecule has 3 N–H and O–H groups in total. The fraction of sp³-hybridized carbons (Fsp3) is 0.278. The minimum Gasteiger partial charge on any atom is -0.409 e. The zero-order valence-corrected chi connectivity index (χ0v) is 12.6. The van der Waals surface area contributed by atoms with E-state index in [1.54, 1.807) is 0 Å². The van der Waals surface area contributed by atoms with Gasteiger partial charge in [-0.15, -0.1) is 0 Å². The van der Waals surface area contributed by atoms with E-state index in [1.807, 2.05) is 24.3 Å². The van der Waals surface area contributed by atoms with Gasteiger partial charge in [-0.3, -0.25) is 4.90 Å². The molecule has 1 saturated heterocycles. The van der Waals surface area contributed by atoms with Crippen LogP contribution in [0.2, 0.25) is 0 Å². The Balaban J connectivity index is 1.84. The van der Waals surface area contributed by atoms with E-state index in [2.05, 4.69) is 34.3 Å². The molecule has 4 nitrogen and oxygen atoms in total. The van der Waals surface area contributed by atoms with Gasteiger partial charge in [-0.1, -0.05) is 53.7 Å². The van der Waals surface area contributed by atoms with E-state index in [0.29, 0.717) is 0 Å². The summed E-state index contributed by atoms with van der Waals surface area (Å²) >= 11 is 0. The van der Waals surface area contributed by atoms with Crippen LogP contribution in [0.5, 0.6) is 0 Å². The molecule has 2 aromatic carbocycles. The molecule has 0 saturated carbocycles. The number of hydrogen-bond acceptors (Lipinski definition) is 3. The number of nitrogens with zero attached hydrogens (tertiary/aromatic N) is 2. The van der Waals surface area contributed by atoms with Gasteiger partial charge in [0.15, 0.2) is 5.84 Å². The second-order valence-electron chi connectivity index (χ2n) is 5.71. The molecule has 22 heavy (non-hydrogen) atoms. The van der Waals surface area contributed by atoms with E-state index in [9.17, 15) is 0 Å². The fourth-order valence-electron chi connectivity index (χ4n) is 3.00. The fourth-order valence-corrected chi connectivity index (χ4v) is 3.00. The van der Waals surface area contributed by atoms with Crippen LogP contribution in [0.1, 0.15) is 24.0 Å². The Morgan fingerprint density at radius 3 is 2.41 bits per heavy atom. The first kappa shape index (κ1) is 14.6. The molecule has 0 unspecified atom stereocenters. The second-order valence-corrected chi connectivity index (χ2v) is 5.71. The van der Waals surface area contributed by atoms with E-state index in [4.69, 9.17) is 10.9 Å². The number of nitrogens with two attached hydrogens (primary N) is 1. The summed E-state index contributed by atoms with van der Waals surface area (Å²) in [4.78, 5) is 2.49. The van der Waals surface area contributed by atoms with Gasteiger partial charge in [-0.05, 0) is 42.6 Å². The van der Waals surface area contributed by atoms with Crippen molar-refractivity contribution in [2.45, 2.75) is 19.4 Å². The number of benzene rings is 2. The summed E-state index contributed by atoms with van der Waals surface area (Å²) < 4.78 is 0. The molecular weight excluding hydrogens is 274 g/mol. The van der Waals surface area contributed by atoms with Crippen molar-refractivity contribution in [1.29, 1.82) is 0 Å². The number of likely N-dealkylation sites (tertiary alicyclic amines) is 1. The van der Waals surface area contributed by atoms with Crippen molar-refractivity contribution in [2.75, 3.05) is 13.1 Å². The molecule has 2 aromatic rings. The highest BCUT2D eigenvalue weighted by Gasteiger charge is 2.12. The van der Waals surface area contributed by atoms with Gasteiger partial charge in [-0.2, -0.15) is 0 Å². The van der Waals surface area contributed by atoms with Crippen LogP contribution < -0.4 is 5.73 Å². The Bertz CT molecular complexity index is 658. The van der Waals surface area contributed by atoms with Crippen molar-refractivity contribution in [1.82, 2.24) is 4.90 Å². The maximum absolute atomic E-state index is 8.92. The Labute approximate surface area is 130 Å². The van der Waals surface area contributed by atoms with Crippen LogP contribution in [0.15, 0.2) is 53.7 Å². The lowest BCUT2D eigenvalue weighted by atomic mass is 9.98. The molecule has 1 fully saturated rings. The third-order valence-corrected chi connectivity index (χ3v) is 4.18. The lowest BCUT2D eigenvalue weighted by Gasteiger charge is -2.15. The summed E-state index contributed by atoms with van der Waals surface area (Å²) in [5.41, 5.74) is 9.89. The number of oxime groups is 1. The highest BCUT2D eigenvalue weighted by molar-refractivity contribution is 6.03. The van der Waals surface area contributed by atoms with E-state index in [-0.39, 0.29) is 5.84 Å². The van der Waals surface area contributed by atoms with Crippen LogP contribution in [0.25, 0.3) is 11.1 Å². The molecule has 0 aliphatic carbocycles. The third-order valence-electron chi connectivity index (χ3n) is 4.18. The summed E-state index contributed by atoms with van der Waals surface area (Å²) in [6, 6.07) is 16.2. The predicted molar refractivity (Wildman–Crippen MR) is 88.9 cm³/mol. The average Bonchev–Trinajstić information content (AvgIpc) is 3.08. The molecule has 0 atom stereocenters. The van der Waals surface area contributed by atoms with Gasteiger partial charge in [0.2, 0.25) is 0 Å². The first-order valence-corrected chi connectivity index (χ1v) is 7.66. The van der Waals surface area contributed by atoms with Gasteiger partial charge >= 0.3 is 0 Å². The molecule has 1 heterocycles. The second kappa shape index (κ2) is 6.62. The predicted octanol–water partition coefficient (Wildman–Crippen LogP) is 3.04. The maximum Gasteiger partial charge on any atom is 0.170 e.